The lowest BCUT2D eigenvalue weighted by Crippen LogP contribution is -2.09. The first-order valence-electron chi connectivity index (χ1n) is 9.24. The Morgan fingerprint density at radius 1 is 1.18 bits per heavy atom. The van der Waals surface area contributed by atoms with E-state index in [1.54, 1.807) is 18.3 Å². The Labute approximate surface area is 160 Å². The van der Waals surface area contributed by atoms with Gasteiger partial charge in [-0.15, -0.1) is 0 Å². The van der Waals surface area contributed by atoms with E-state index in [4.69, 9.17) is 9.26 Å². The molecular formula is C21H18N4O3. The molecule has 7 heteroatoms. The highest BCUT2D eigenvalue weighted by molar-refractivity contribution is 5.88. The minimum absolute atomic E-state index is 0.185. The van der Waals surface area contributed by atoms with Crippen LogP contribution in [0.15, 0.2) is 51.9 Å². The van der Waals surface area contributed by atoms with E-state index in [9.17, 15) is 4.79 Å². The Kier molecular flexibility index (Phi) is 3.93. The topological polar surface area (TPSA) is 93.9 Å². The molecule has 3 aromatic heterocycles. The molecule has 7 nitrogen and oxygen atoms in total. The minimum atomic E-state index is -0.185. The third-order valence-electron chi connectivity index (χ3n) is 4.99. The van der Waals surface area contributed by atoms with Gasteiger partial charge in [-0.1, -0.05) is 23.4 Å². The second kappa shape index (κ2) is 6.60. The van der Waals surface area contributed by atoms with Crippen molar-refractivity contribution in [1.82, 2.24) is 20.1 Å². The molecule has 0 radical (unpaired) electrons. The average Bonchev–Trinajstić information content (AvgIpc) is 3.44. The molecule has 4 aromatic rings. The van der Waals surface area contributed by atoms with E-state index >= 15 is 0 Å². The summed E-state index contributed by atoms with van der Waals surface area (Å²) in [5, 5.41) is 5.53. The molecule has 1 aromatic carbocycles. The van der Waals surface area contributed by atoms with Crippen LogP contribution >= 0.6 is 0 Å². The van der Waals surface area contributed by atoms with Crippen LogP contribution in [0.3, 0.4) is 0 Å². The molecule has 1 aliphatic rings. The summed E-state index contributed by atoms with van der Waals surface area (Å²) in [6, 6.07) is 11.1. The molecule has 0 saturated heterocycles. The van der Waals surface area contributed by atoms with Crippen LogP contribution in [0.2, 0.25) is 0 Å². The van der Waals surface area contributed by atoms with E-state index in [0.717, 1.165) is 16.5 Å². The lowest BCUT2D eigenvalue weighted by molar-refractivity contribution is 0.288. The third-order valence-corrected chi connectivity index (χ3v) is 4.99. The first kappa shape index (κ1) is 16.7. The zero-order valence-corrected chi connectivity index (χ0v) is 15.3. The molecule has 3 heterocycles. The highest BCUT2D eigenvalue weighted by Crippen LogP contribution is 2.30. The van der Waals surface area contributed by atoms with Crippen molar-refractivity contribution in [3.05, 3.63) is 58.5 Å². The van der Waals surface area contributed by atoms with E-state index in [1.165, 1.54) is 12.8 Å². The van der Waals surface area contributed by atoms with Gasteiger partial charge >= 0.3 is 0 Å². The fraction of sp³-hybridized carbons (Fsp3) is 0.238. The van der Waals surface area contributed by atoms with Crippen LogP contribution in [0.5, 0.6) is 5.88 Å². The maximum absolute atomic E-state index is 12.4. The van der Waals surface area contributed by atoms with Crippen LogP contribution in [-0.4, -0.2) is 26.7 Å². The molecule has 0 atom stereocenters. The van der Waals surface area contributed by atoms with Crippen molar-refractivity contribution >= 4 is 10.8 Å². The molecular weight excluding hydrogens is 356 g/mol. The lowest BCUT2D eigenvalue weighted by Gasteiger charge is -2.05. The number of aryl methyl sites for hydroxylation is 1. The molecule has 0 aliphatic heterocycles. The molecule has 1 aliphatic carbocycles. The predicted molar refractivity (Wildman–Crippen MR) is 104 cm³/mol. The smallest absolute Gasteiger partial charge is 0.275 e. The van der Waals surface area contributed by atoms with E-state index < -0.39 is 0 Å². The lowest BCUT2D eigenvalue weighted by atomic mass is 10.1. The average molecular weight is 374 g/mol. The Bertz CT molecular complexity index is 1210. The molecule has 28 heavy (non-hydrogen) atoms. The van der Waals surface area contributed by atoms with E-state index in [0.29, 0.717) is 35.3 Å². The van der Waals surface area contributed by atoms with E-state index in [2.05, 4.69) is 20.1 Å². The molecule has 1 N–H and O–H groups in total. The van der Waals surface area contributed by atoms with Gasteiger partial charge in [-0.2, -0.15) is 4.98 Å². The fourth-order valence-electron chi connectivity index (χ4n) is 3.16. The monoisotopic (exact) mass is 374 g/mol. The van der Waals surface area contributed by atoms with Crippen LogP contribution in [0.25, 0.3) is 33.7 Å². The van der Waals surface area contributed by atoms with Crippen molar-refractivity contribution in [2.45, 2.75) is 19.8 Å². The number of aromatic nitrogens is 4. The van der Waals surface area contributed by atoms with E-state index in [1.807, 2.05) is 31.2 Å². The Hall–Kier alpha value is -3.48. The predicted octanol–water partition coefficient (Wildman–Crippen LogP) is 3.74. The first-order valence-corrected chi connectivity index (χ1v) is 9.24. The minimum Gasteiger partial charge on any atom is -0.477 e. The summed E-state index contributed by atoms with van der Waals surface area (Å²) >= 11 is 0. The highest BCUT2D eigenvalue weighted by Gasteiger charge is 2.22. The number of H-pyrrole nitrogens is 1. The molecule has 5 rings (SSSR count). The van der Waals surface area contributed by atoms with Gasteiger partial charge in [0.15, 0.2) is 0 Å². The Morgan fingerprint density at radius 2 is 2.00 bits per heavy atom. The third kappa shape index (κ3) is 3.05. The number of rotatable bonds is 5. The van der Waals surface area contributed by atoms with Crippen LogP contribution in [-0.2, 0) is 0 Å². The molecule has 140 valence electrons. The normalized spacial score (nSPS) is 13.8. The molecule has 0 bridgehead atoms. The van der Waals surface area contributed by atoms with Crippen LogP contribution < -0.4 is 10.3 Å². The van der Waals surface area contributed by atoms with Crippen LogP contribution in [0.4, 0.5) is 0 Å². The van der Waals surface area contributed by atoms with Crippen molar-refractivity contribution in [3.8, 4) is 28.9 Å². The maximum atomic E-state index is 12.4. The summed E-state index contributed by atoms with van der Waals surface area (Å²) in [6.07, 6.45) is 4.13. The summed E-state index contributed by atoms with van der Waals surface area (Å²) in [5.74, 6) is 1.94. The highest BCUT2D eigenvalue weighted by atomic mass is 16.5. The van der Waals surface area contributed by atoms with Crippen LogP contribution in [0.1, 0.15) is 18.4 Å². The number of fused-ring (bicyclic) bond motifs is 1. The van der Waals surface area contributed by atoms with E-state index in [-0.39, 0.29) is 11.4 Å². The van der Waals surface area contributed by atoms with Gasteiger partial charge in [0.2, 0.25) is 11.7 Å². The number of hydrogen-bond acceptors (Lipinski definition) is 6. The fourth-order valence-corrected chi connectivity index (χ4v) is 3.16. The molecule has 1 fully saturated rings. The molecule has 1 saturated carbocycles. The Balaban J connectivity index is 1.45. The zero-order chi connectivity index (χ0) is 19.1. The molecule has 0 amide bonds. The van der Waals surface area contributed by atoms with Crippen LogP contribution in [0, 0.1) is 12.8 Å². The summed E-state index contributed by atoms with van der Waals surface area (Å²) in [7, 11) is 0. The van der Waals surface area contributed by atoms with Crippen molar-refractivity contribution < 1.29 is 9.26 Å². The number of hydrogen-bond donors (Lipinski definition) is 1. The number of pyridine rings is 2. The largest absolute Gasteiger partial charge is 0.477 e. The molecule has 0 spiro atoms. The maximum Gasteiger partial charge on any atom is 0.275 e. The van der Waals surface area contributed by atoms with Gasteiger partial charge < -0.3 is 14.2 Å². The number of aromatic amines is 1. The second-order valence-electron chi connectivity index (χ2n) is 7.06. The quantitative estimate of drug-likeness (QED) is 0.572. The van der Waals surface area contributed by atoms with Gasteiger partial charge in [-0.3, -0.25) is 4.79 Å². The summed E-state index contributed by atoms with van der Waals surface area (Å²) in [4.78, 5) is 24.0. The van der Waals surface area contributed by atoms with Crippen molar-refractivity contribution in [2.75, 3.05) is 6.61 Å². The van der Waals surface area contributed by atoms with Gasteiger partial charge in [0.1, 0.15) is 5.69 Å². The van der Waals surface area contributed by atoms with Gasteiger partial charge in [-0.25, -0.2) is 4.98 Å². The number of nitrogens with zero attached hydrogens (tertiary/aromatic N) is 3. The summed E-state index contributed by atoms with van der Waals surface area (Å²) in [6.45, 7) is 2.64. The Morgan fingerprint density at radius 3 is 2.75 bits per heavy atom. The SMILES string of the molecule is Cc1c(-c2nc(-c3ccc(OCC4CC4)nc3)no2)[nH]c(=O)c2ccccc12. The zero-order valence-electron chi connectivity index (χ0n) is 15.3. The molecule has 0 unspecified atom stereocenters. The van der Waals surface area contributed by atoms with Gasteiger partial charge in [0.05, 0.1) is 6.61 Å². The van der Waals surface area contributed by atoms with Gasteiger partial charge in [0, 0.05) is 23.2 Å². The standard InChI is InChI=1S/C21H18N4O3/c1-12-15-4-2-3-5-16(15)20(26)23-18(12)21-24-19(25-28-21)14-8-9-17(22-10-14)27-11-13-6-7-13/h2-5,8-10,13H,6-7,11H2,1H3,(H,23,26). The van der Waals surface area contributed by atoms with Crippen molar-refractivity contribution in [3.63, 3.8) is 0 Å². The summed E-state index contributed by atoms with van der Waals surface area (Å²) < 4.78 is 11.1. The second-order valence-corrected chi connectivity index (χ2v) is 7.06. The number of ether oxygens (including phenoxy) is 1. The summed E-state index contributed by atoms with van der Waals surface area (Å²) in [5.41, 5.74) is 1.94. The van der Waals surface area contributed by atoms with Gasteiger partial charge in [-0.05, 0) is 48.8 Å². The number of benzene rings is 1. The van der Waals surface area contributed by atoms with Crippen molar-refractivity contribution in [1.29, 1.82) is 0 Å². The van der Waals surface area contributed by atoms with Gasteiger partial charge in [0.25, 0.3) is 11.4 Å². The first-order chi connectivity index (χ1) is 13.7. The van der Waals surface area contributed by atoms with Crippen molar-refractivity contribution in [2.24, 2.45) is 5.92 Å². The number of nitrogens with one attached hydrogen (secondary N) is 1.